The molecule has 158 valence electrons. The average molecular weight is 416 g/mol. The maximum atomic E-state index is 12.5. The Morgan fingerprint density at radius 3 is 2.61 bits per heavy atom. The van der Waals surface area contributed by atoms with Crippen molar-refractivity contribution in [1.82, 2.24) is 0 Å². The molecule has 31 heavy (non-hydrogen) atoms. The minimum Gasteiger partial charge on any atom is -0.455 e. The Bertz CT molecular complexity index is 1140. The molecule has 6 nitrogen and oxygen atoms in total. The third-order valence-corrected chi connectivity index (χ3v) is 5.53. The summed E-state index contributed by atoms with van der Waals surface area (Å²) in [5.74, 6) is -1.63. The Hall–Kier alpha value is -3.67. The average Bonchev–Trinajstić information content (AvgIpc) is 3.19. The predicted octanol–water partition coefficient (Wildman–Crippen LogP) is 3.94. The van der Waals surface area contributed by atoms with Crippen LogP contribution in [0.2, 0.25) is 0 Å². The highest BCUT2D eigenvalue weighted by atomic mass is 16.5. The van der Waals surface area contributed by atoms with Crippen LogP contribution in [-0.2, 0) is 25.5 Å². The lowest BCUT2D eigenvalue weighted by Gasteiger charge is -2.19. The van der Waals surface area contributed by atoms with Crippen LogP contribution in [-0.4, -0.2) is 30.9 Å². The van der Waals surface area contributed by atoms with E-state index in [1.807, 2.05) is 67.6 Å². The molecular weight excluding hydrogens is 392 g/mol. The summed E-state index contributed by atoms with van der Waals surface area (Å²) in [7, 11) is 0. The summed E-state index contributed by atoms with van der Waals surface area (Å²) in [6.07, 6.45) is 0.880. The number of aryl methyl sites for hydroxylation is 1. The molecule has 1 aliphatic heterocycles. The van der Waals surface area contributed by atoms with E-state index in [0.717, 1.165) is 28.4 Å². The SMILES string of the molecule is CCc1ccccc1N1CC(C(=O)OCC(=O)Nc2cccc3ccccc23)CC1=O. The van der Waals surface area contributed by atoms with Crippen LogP contribution in [0.5, 0.6) is 0 Å². The van der Waals surface area contributed by atoms with Gasteiger partial charge in [-0.3, -0.25) is 14.4 Å². The molecule has 0 radical (unpaired) electrons. The summed E-state index contributed by atoms with van der Waals surface area (Å²) < 4.78 is 5.23. The maximum Gasteiger partial charge on any atom is 0.311 e. The molecule has 3 aromatic carbocycles. The second kappa shape index (κ2) is 9.00. The standard InChI is InChI=1S/C25H24N2O4/c1-2-17-8-4-6-13-22(17)27-15-19(14-24(27)29)25(30)31-16-23(28)26-21-12-7-10-18-9-3-5-11-20(18)21/h3-13,19H,2,14-16H2,1H3,(H,26,28). The third-order valence-electron chi connectivity index (χ3n) is 5.53. The number of carbonyl (C=O) groups excluding carboxylic acids is 3. The van der Waals surface area contributed by atoms with Crippen molar-refractivity contribution in [1.29, 1.82) is 0 Å². The van der Waals surface area contributed by atoms with E-state index in [9.17, 15) is 14.4 Å². The van der Waals surface area contributed by atoms with Gasteiger partial charge in [-0.25, -0.2) is 0 Å². The number of hydrogen-bond donors (Lipinski definition) is 1. The Kier molecular flexibility index (Phi) is 5.98. The van der Waals surface area contributed by atoms with Crippen molar-refractivity contribution < 1.29 is 19.1 Å². The van der Waals surface area contributed by atoms with Gasteiger partial charge in [-0.1, -0.05) is 61.5 Å². The molecule has 1 unspecified atom stereocenters. The number of para-hydroxylation sites is 1. The van der Waals surface area contributed by atoms with E-state index in [4.69, 9.17) is 4.74 Å². The number of nitrogens with one attached hydrogen (secondary N) is 1. The first kappa shape index (κ1) is 20.6. The lowest BCUT2D eigenvalue weighted by atomic mass is 10.1. The van der Waals surface area contributed by atoms with E-state index in [1.165, 1.54) is 0 Å². The topological polar surface area (TPSA) is 75.7 Å². The molecule has 6 heteroatoms. The van der Waals surface area contributed by atoms with Crippen molar-refractivity contribution in [2.24, 2.45) is 5.92 Å². The molecule has 2 amide bonds. The van der Waals surface area contributed by atoms with Crippen LogP contribution in [0.4, 0.5) is 11.4 Å². The Morgan fingerprint density at radius 2 is 1.77 bits per heavy atom. The summed E-state index contributed by atoms with van der Waals surface area (Å²) in [5, 5.41) is 4.72. The van der Waals surface area contributed by atoms with Gasteiger partial charge in [-0.05, 0) is 29.5 Å². The molecule has 0 aliphatic carbocycles. The van der Waals surface area contributed by atoms with E-state index in [0.29, 0.717) is 5.69 Å². The number of rotatable bonds is 6. The normalized spacial score (nSPS) is 15.8. The first-order valence-electron chi connectivity index (χ1n) is 10.4. The van der Waals surface area contributed by atoms with E-state index >= 15 is 0 Å². The van der Waals surface area contributed by atoms with E-state index < -0.39 is 24.4 Å². The second-order valence-electron chi connectivity index (χ2n) is 7.57. The maximum absolute atomic E-state index is 12.5. The Morgan fingerprint density at radius 1 is 1.03 bits per heavy atom. The summed E-state index contributed by atoms with van der Waals surface area (Å²) in [5.41, 5.74) is 2.55. The highest BCUT2D eigenvalue weighted by molar-refractivity contribution is 6.03. The molecule has 1 fully saturated rings. The fraction of sp³-hybridized carbons (Fsp3) is 0.240. The number of esters is 1. The lowest BCUT2D eigenvalue weighted by Crippen LogP contribution is -2.28. The monoisotopic (exact) mass is 416 g/mol. The molecule has 1 aliphatic rings. The molecule has 1 heterocycles. The van der Waals surface area contributed by atoms with E-state index in [2.05, 4.69) is 5.32 Å². The molecule has 4 rings (SSSR count). The van der Waals surface area contributed by atoms with Gasteiger partial charge in [0.25, 0.3) is 5.91 Å². The number of benzene rings is 3. The van der Waals surface area contributed by atoms with Crippen molar-refractivity contribution in [2.75, 3.05) is 23.4 Å². The fourth-order valence-electron chi connectivity index (χ4n) is 3.95. The first-order valence-corrected chi connectivity index (χ1v) is 10.4. The van der Waals surface area contributed by atoms with Crippen molar-refractivity contribution in [3.8, 4) is 0 Å². The highest BCUT2D eigenvalue weighted by Gasteiger charge is 2.37. The molecule has 0 saturated carbocycles. The molecule has 1 N–H and O–H groups in total. The molecule has 1 saturated heterocycles. The van der Waals surface area contributed by atoms with Gasteiger partial charge in [0.2, 0.25) is 5.91 Å². The minimum atomic E-state index is -0.581. The van der Waals surface area contributed by atoms with Crippen LogP contribution < -0.4 is 10.2 Å². The number of nitrogens with zero attached hydrogens (tertiary/aromatic N) is 1. The van der Waals surface area contributed by atoms with Gasteiger partial charge in [-0.15, -0.1) is 0 Å². The zero-order valence-electron chi connectivity index (χ0n) is 17.3. The highest BCUT2D eigenvalue weighted by Crippen LogP contribution is 2.29. The lowest BCUT2D eigenvalue weighted by molar-refractivity contribution is -0.151. The predicted molar refractivity (Wildman–Crippen MR) is 120 cm³/mol. The molecule has 0 bridgehead atoms. The van der Waals surface area contributed by atoms with Crippen molar-refractivity contribution in [2.45, 2.75) is 19.8 Å². The zero-order valence-corrected chi connectivity index (χ0v) is 17.3. The molecular formula is C25H24N2O4. The van der Waals surface area contributed by atoms with Crippen LogP contribution in [0.1, 0.15) is 18.9 Å². The van der Waals surface area contributed by atoms with Crippen molar-refractivity contribution in [3.63, 3.8) is 0 Å². The summed E-state index contributed by atoms with van der Waals surface area (Å²) >= 11 is 0. The first-order chi connectivity index (χ1) is 15.1. The Balaban J connectivity index is 1.35. The van der Waals surface area contributed by atoms with E-state index in [1.54, 1.807) is 11.0 Å². The minimum absolute atomic E-state index is 0.0851. The number of amides is 2. The third kappa shape index (κ3) is 4.43. The molecule has 0 spiro atoms. The van der Waals surface area contributed by atoms with Crippen LogP contribution in [0.3, 0.4) is 0 Å². The van der Waals surface area contributed by atoms with Gasteiger partial charge >= 0.3 is 5.97 Å². The molecule has 1 atom stereocenters. The van der Waals surface area contributed by atoms with Crippen LogP contribution in [0.25, 0.3) is 10.8 Å². The number of fused-ring (bicyclic) bond motifs is 1. The number of ether oxygens (including phenoxy) is 1. The largest absolute Gasteiger partial charge is 0.455 e. The van der Waals surface area contributed by atoms with Gasteiger partial charge in [0.05, 0.1) is 5.92 Å². The van der Waals surface area contributed by atoms with Gasteiger partial charge < -0.3 is 15.0 Å². The van der Waals surface area contributed by atoms with Crippen molar-refractivity contribution in [3.05, 3.63) is 72.3 Å². The fourth-order valence-corrected chi connectivity index (χ4v) is 3.95. The molecule has 3 aromatic rings. The number of anilines is 2. The zero-order chi connectivity index (χ0) is 21.8. The smallest absolute Gasteiger partial charge is 0.311 e. The summed E-state index contributed by atoms with van der Waals surface area (Å²) in [6, 6.07) is 21.0. The summed E-state index contributed by atoms with van der Waals surface area (Å²) in [4.78, 5) is 39.0. The van der Waals surface area contributed by atoms with Gasteiger partial charge in [0, 0.05) is 29.7 Å². The van der Waals surface area contributed by atoms with Crippen molar-refractivity contribution >= 4 is 39.9 Å². The molecule has 0 aromatic heterocycles. The quantitative estimate of drug-likeness (QED) is 0.618. The van der Waals surface area contributed by atoms with Gasteiger partial charge in [0.15, 0.2) is 6.61 Å². The van der Waals surface area contributed by atoms with Crippen LogP contribution >= 0.6 is 0 Å². The van der Waals surface area contributed by atoms with Gasteiger partial charge in [-0.2, -0.15) is 0 Å². The van der Waals surface area contributed by atoms with Crippen LogP contribution in [0, 0.1) is 5.92 Å². The summed E-state index contributed by atoms with van der Waals surface area (Å²) in [6.45, 7) is 1.90. The Labute approximate surface area is 180 Å². The number of hydrogen-bond acceptors (Lipinski definition) is 4. The van der Waals surface area contributed by atoms with Crippen LogP contribution in [0.15, 0.2) is 66.7 Å². The van der Waals surface area contributed by atoms with E-state index in [-0.39, 0.29) is 18.9 Å². The van der Waals surface area contributed by atoms with Gasteiger partial charge in [0.1, 0.15) is 0 Å². The second-order valence-corrected chi connectivity index (χ2v) is 7.57. The number of carbonyl (C=O) groups is 3.